The molecule has 0 bridgehead atoms. The quantitative estimate of drug-likeness (QED) is 0.255. The van der Waals surface area contributed by atoms with Crippen LogP contribution in [-0.2, 0) is 9.53 Å². The van der Waals surface area contributed by atoms with Crippen molar-refractivity contribution in [1.82, 2.24) is 14.5 Å². The molecule has 1 aliphatic rings. The molecule has 2 heterocycles. The number of aliphatic carboxylic acids is 1. The van der Waals surface area contributed by atoms with E-state index < -0.39 is 30.1 Å². The largest absolute Gasteiger partial charge is 0.478 e. The Balaban J connectivity index is 2.36. The van der Waals surface area contributed by atoms with Crippen LogP contribution >= 0.6 is 0 Å². The summed E-state index contributed by atoms with van der Waals surface area (Å²) in [4.78, 5) is 34.1. The number of rotatable bonds is 12. The number of carboxylic acid groups (broad SMARTS) is 1. The zero-order valence-electron chi connectivity index (χ0n) is 18.1. The summed E-state index contributed by atoms with van der Waals surface area (Å²) in [6.45, 7) is 5.49. The van der Waals surface area contributed by atoms with Crippen molar-refractivity contribution in [2.24, 2.45) is 4.99 Å². The molecule has 1 fully saturated rings. The van der Waals surface area contributed by atoms with Gasteiger partial charge in [0.2, 0.25) is 0 Å². The number of nitrogens with zero attached hydrogens (tertiary/aromatic N) is 4. The summed E-state index contributed by atoms with van der Waals surface area (Å²) in [6, 6.07) is 0. The van der Waals surface area contributed by atoms with E-state index in [2.05, 4.69) is 28.7 Å². The fourth-order valence-corrected chi connectivity index (χ4v) is 3.20. The lowest BCUT2D eigenvalue weighted by Gasteiger charge is -2.19. The zero-order valence-corrected chi connectivity index (χ0v) is 18.1. The van der Waals surface area contributed by atoms with Crippen molar-refractivity contribution in [3.05, 3.63) is 28.3 Å². The smallest absolute Gasteiger partial charge is 0.351 e. The molecular formula is C21H32N4O6. The summed E-state index contributed by atoms with van der Waals surface area (Å²) in [5.41, 5.74) is -0.307. The molecule has 1 aromatic heterocycles. The predicted octanol–water partition coefficient (Wildman–Crippen LogP) is 1.54. The summed E-state index contributed by atoms with van der Waals surface area (Å²) in [5.74, 6) is -1.04. The first-order valence-corrected chi connectivity index (χ1v) is 10.7. The number of hydrogen-bond acceptors (Lipinski definition) is 7. The number of aliphatic imine (C=N–C) groups is 1. The van der Waals surface area contributed by atoms with E-state index in [1.54, 1.807) is 6.34 Å². The normalized spacial score (nSPS) is 21.4. The Labute approximate surface area is 181 Å². The van der Waals surface area contributed by atoms with Crippen molar-refractivity contribution in [2.45, 2.75) is 64.4 Å². The highest BCUT2D eigenvalue weighted by Crippen LogP contribution is 2.28. The number of carbonyl (C=O) groups is 1. The van der Waals surface area contributed by atoms with Crippen molar-refractivity contribution in [3.8, 4) is 0 Å². The van der Waals surface area contributed by atoms with E-state index >= 15 is 0 Å². The first-order valence-electron chi connectivity index (χ1n) is 10.7. The molecule has 0 amide bonds. The molecule has 0 unspecified atom stereocenters. The van der Waals surface area contributed by atoms with Crippen LogP contribution in [0.25, 0.3) is 6.08 Å². The lowest BCUT2D eigenvalue weighted by molar-refractivity contribution is -0.131. The number of aromatic nitrogens is 2. The van der Waals surface area contributed by atoms with Crippen molar-refractivity contribution < 1.29 is 24.9 Å². The summed E-state index contributed by atoms with van der Waals surface area (Å²) in [5, 5.41) is 28.2. The number of ether oxygens (including phenoxy) is 1. The summed E-state index contributed by atoms with van der Waals surface area (Å²) in [6.07, 6.45) is 7.00. The van der Waals surface area contributed by atoms with Gasteiger partial charge in [0.25, 0.3) is 0 Å². The van der Waals surface area contributed by atoms with Crippen LogP contribution in [0.2, 0.25) is 0 Å². The molecule has 3 atom stereocenters. The van der Waals surface area contributed by atoms with Crippen molar-refractivity contribution in [1.29, 1.82) is 0 Å². The van der Waals surface area contributed by atoms with E-state index in [0.717, 1.165) is 44.8 Å². The van der Waals surface area contributed by atoms with Gasteiger partial charge in [-0.2, -0.15) is 4.98 Å². The predicted molar refractivity (Wildman–Crippen MR) is 116 cm³/mol. The number of unbranched alkanes of at least 4 members (excludes halogenated alkanes) is 2. The average molecular weight is 437 g/mol. The minimum atomic E-state index is -1.15. The van der Waals surface area contributed by atoms with Gasteiger partial charge >= 0.3 is 11.7 Å². The zero-order chi connectivity index (χ0) is 22.8. The van der Waals surface area contributed by atoms with Gasteiger partial charge in [0.1, 0.15) is 12.3 Å². The third kappa shape index (κ3) is 7.27. The highest BCUT2D eigenvalue weighted by molar-refractivity contribution is 5.86. The van der Waals surface area contributed by atoms with Gasteiger partial charge < -0.3 is 25.0 Å². The van der Waals surface area contributed by atoms with Gasteiger partial charge in [-0.3, -0.25) is 4.57 Å². The SMILES string of the molecule is CCCCN(C=Nc1nc(=O)n([C@H]2C[C@H](O)[C@@H](CO)O2)cc1/C=C/C(=O)O)CCCC. The molecular weight excluding hydrogens is 404 g/mol. The van der Waals surface area contributed by atoms with Gasteiger partial charge in [-0.25, -0.2) is 14.6 Å². The maximum Gasteiger partial charge on any atom is 0.351 e. The van der Waals surface area contributed by atoms with Crippen LogP contribution in [0.3, 0.4) is 0 Å². The number of aliphatic hydroxyl groups excluding tert-OH is 2. The van der Waals surface area contributed by atoms with Gasteiger partial charge in [-0.15, -0.1) is 0 Å². The van der Waals surface area contributed by atoms with Crippen LogP contribution in [0.5, 0.6) is 0 Å². The van der Waals surface area contributed by atoms with Crippen molar-refractivity contribution in [3.63, 3.8) is 0 Å². The molecule has 0 radical (unpaired) electrons. The molecule has 1 aromatic rings. The molecule has 3 N–H and O–H groups in total. The van der Waals surface area contributed by atoms with Crippen LogP contribution in [-0.4, -0.2) is 74.0 Å². The Morgan fingerprint density at radius 1 is 1.35 bits per heavy atom. The third-order valence-corrected chi connectivity index (χ3v) is 5.00. The Morgan fingerprint density at radius 2 is 2.03 bits per heavy atom. The van der Waals surface area contributed by atoms with Gasteiger partial charge in [-0.05, 0) is 18.9 Å². The Hall–Kier alpha value is -2.56. The fourth-order valence-electron chi connectivity index (χ4n) is 3.20. The Morgan fingerprint density at radius 3 is 2.58 bits per heavy atom. The van der Waals surface area contributed by atoms with E-state index in [9.17, 15) is 19.8 Å². The Kier molecular flexibility index (Phi) is 9.83. The highest BCUT2D eigenvalue weighted by Gasteiger charge is 2.35. The van der Waals surface area contributed by atoms with E-state index in [1.165, 1.54) is 16.8 Å². The first-order chi connectivity index (χ1) is 14.9. The van der Waals surface area contributed by atoms with Crippen LogP contribution in [0.1, 0.15) is 57.7 Å². The molecule has 172 valence electrons. The molecule has 0 aromatic carbocycles. The molecule has 10 nitrogen and oxygen atoms in total. The van der Waals surface area contributed by atoms with Crippen LogP contribution < -0.4 is 5.69 Å². The monoisotopic (exact) mass is 436 g/mol. The molecule has 1 aliphatic heterocycles. The van der Waals surface area contributed by atoms with E-state index in [1.807, 2.05) is 0 Å². The lowest BCUT2D eigenvalue weighted by Crippen LogP contribution is -2.28. The van der Waals surface area contributed by atoms with Crippen LogP contribution in [0.15, 0.2) is 22.1 Å². The number of hydrogen-bond donors (Lipinski definition) is 3. The van der Waals surface area contributed by atoms with Crippen LogP contribution in [0.4, 0.5) is 5.82 Å². The summed E-state index contributed by atoms with van der Waals surface area (Å²) < 4.78 is 6.72. The molecule has 0 spiro atoms. The second-order valence-electron chi connectivity index (χ2n) is 7.48. The fraction of sp³-hybridized carbons (Fsp3) is 0.619. The van der Waals surface area contributed by atoms with Crippen molar-refractivity contribution in [2.75, 3.05) is 19.7 Å². The molecule has 10 heteroatoms. The first kappa shape index (κ1) is 24.7. The highest BCUT2D eigenvalue weighted by atomic mass is 16.5. The van der Waals surface area contributed by atoms with Crippen molar-refractivity contribution >= 4 is 24.2 Å². The molecule has 0 saturated carbocycles. The van der Waals surface area contributed by atoms with Crippen LogP contribution in [0, 0.1) is 0 Å². The molecule has 0 aliphatic carbocycles. The summed E-state index contributed by atoms with van der Waals surface area (Å²) >= 11 is 0. The van der Waals surface area contributed by atoms with Gasteiger partial charge in [0.05, 0.1) is 19.0 Å². The van der Waals surface area contributed by atoms with E-state index in [-0.39, 0.29) is 18.8 Å². The second-order valence-corrected chi connectivity index (χ2v) is 7.48. The number of carboxylic acids is 1. The topological polar surface area (TPSA) is 137 Å². The van der Waals surface area contributed by atoms with Gasteiger partial charge in [-0.1, -0.05) is 26.7 Å². The third-order valence-electron chi connectivity index (χ3n) is 5.00. The maximum atomic E-state index is 12.6. The number of aliphatic hydroxyl groups is 2. The lowest BCUT2D eigenvalue weighted by atomic mass is 10.2. The molecule has 1 saturated heterocycles. The average Bonchev–Trinajstić information content (AvgIpc) is 3.12. The minimum Gasteiger partial charge on any atom is -0.478 e. The Bertz CT molecular complexity index is 830. The van der Waals surface area contributed by atoms with Gasteiger partial charge in [0.15, 0.2) is 5.82 Å². The minimum absolute atomic E-state index is 0.106. The van der Waals surface area contributed by atoms with E-state index in [4.69, 9.17) is 9.84 Å². The summed E-state index contributed by atoms with van der Waals surface area (Å²) in [7, 11) is 0. The van der Waals surface area contributed by atoms with E-state index in [0.29, 0.717) is 5.56 Å². The molecule has 31 heavy (non-hydrogen) atoms. The second kappa shape index (κ2) is 12.3. The van der Waals surface area contributed by atoms with Gasteiger partial charge in [0, 0.05) is 37.3 Å². The standard InChI is InChI=1S/C21H32N4O6/c1-3-5-9-24(10-6-4-2)14-22-20-15(7-8-19(28)29)12-25(21(30)23-20)18-11-16(27)17(13-26)31-18/h7-8,12,14,16-18,26-27H,3-6,9-11,13H2,1-2H3,(H,28,29)/b8-7+,22-14?/t16-,17+,18+/m0/s1. The molecule has 2 rings (SSSR count). The maximum absolute atomic E-state index is 12.6.